The Kier molecular flexibility index (Phi) is 5.42. The minimum atomic E-state index is -0.0663. The van der Waals surface area contributed by atoms with Crippen molar-refractivity contribution in [3.8, 4) is 0 Å². The number of benzene rings is 2. The molecule has 2 aromatic carbocycles. The molecule has 0 fully saturated rings. The van der Waals surface area contributed by atoms with Crippen LogP contribution in [0.5, 0.6) is 0 Å². The molecule has 110 valence electrons. The number of hydrogen-bond donors (Lipinski definition) is 2. The van der Waals surface area contributed by atoms with Crippen LogP contribution in [0.25, 0.3) is 0 Å². The first-order chi connectivity index (χ1) is 9.95. The van der Waals surface area contributed by atoms with Crippen LogP contribution in [-0.4, -0.2) is 5.91 Å². The van der Waals surface area contributed by atoms with E-state index < -0.39 is 0 Å². The van der Waals surface area contributed by atoms with Crippen LogP contribution in [0.1, 0.15) is 25.5 Å². The summed E-state index contributed by atoms with van der Waals surface area (Å²) in [4.78, 5) is 11.1. The van der Waals surface area contributed by atoms with Crippen LogP contribution < -0.4 is 10.6 Å². The molecule has 0 saturated carbocycles. The monoisotopic (exact) mass is 410 g/mol. The summed E-state index contributed by atoms with van der Waals surface area (Å²) in [7, 11) is 0. The third kappa shape index (κ3) is 4.58. The number of halogens is 2. The summed E-state index contributed by atoms with van der Waals surface area (Å²) in [6, 6.07) is 14.0. The lowest BCUT2D eigenvalue weighted by molar-refractivity contribution is -0.114. The lowest BCUT2D eigenvalue weighted by Gasteiger charge is -2.18. The zero-order valence-corrected chi connectivity index (χ0v) is 15.0. The average molecular weight is 412 g/mol. The van der Waals surface area contributed by atoms with E-state index in [1.165, 1.54) is 6.92 Å². The Morgan fingerprint density at radius 1 is 1.14 bits per heavy atom. The first-order valence-corrected chi connectivity index (χ1v) is 8.13. The van der Waals surface area contributed by atoms with E-state index in [2.05, 4.69) is 49.4 Å². The molecule has 0 spiro atoms. The number of hydrogen-bond acceptors (Lipinski definition) is 2. The molecule has 1 amide bonds. The molecule has 2 rings (SSSR count). The van der Waals surface area contributed by atoms with Gasteiger partial charge in [-0.25, -0.2) is 0 Å². The van der Waals surface area contributed by atoms with Crippen molar-refractivity contribution in [1.82, 2.24) is 0 Å². The molecule has 0 heterocycles. The summed E-state index contributed by atoms with van der Waals surface area (Å²) < 4.78 is 2.03. The Hall–Kier alpha value is -1.33. The van der Waals surface area contributed by atoms with E-state index in [4.69, 9.17) is 0 Å². The maximum Gasteiger partial charge on any atom is 0.221 e. The minimum Gasteiger partial charge on any atom is -0.378 e. The standard InChI is InChI=1S/C16H16Br2N2O/c1-10(19-16-7-6-13(17)9-15(16)18)12-4-3-5-14(8-12)20-11(2)21/h3-10,19H,1-2H3,(H,20,21). The molecule has 0 bridgehead atoms. The van der Waals surface area contributed by atoms with Crippen molar-refractivity contribution < 1.29 is 4.79 Å². The summed E-state index contributed by atoms with van der Waals surface area (Å²) in [6.45, 7) is 3.59. The summed E-state index contributed by atoms with van der Waals surface area (Å²) >= 11 is 6.99. The van der Waals surface area contributed by atoms with Crippen LogP contribution in [0.2, 0.25) is 0 Å². The van der Waals surface area contributed by atoms with Crippen LogP contribution >= 0.6 is 31.9 Å². The SMILES string of the molecule is CC(=O)Nc1cccc(C(C)Nc2ccc(Br)cc2Br)c1. The molecule has 0 aliphatic rings. The van der Waals surface area contributed by atoms with Crippen LogP contribution in [0, 0.1) is 0 Å². The Bertz CT molecular complexity index is 658. The van der Waals surface area contributed by atoms with Gasteiger partial charge in [0.1, 0.15) is 0 Å². The zero-order valence-electron chi connectivity index (χ0n) is 11.8. The van der Waals surface area contributed by atoms with E-state index in [9.17, 15) is 4.79 Å². The van der Waals surface area contributed by atoms with E-state index >= 15 is 0 Å². The predicted octanol–water partition coefficient (Wildman–Crippen LogP) is 5.34. The Morgan fingerprint density at radius 3 is 2.57 bits per heavy atom. The van der Waals surface area contributed by atoms with Gasteiger partial charge in [-0.15, -0.1) is 0 Å². The fourth-order valence-electron chi connectivity index (χ4n) is 2.01. The topological polar surface area (TPSA) is 41.1 Å². The van der Waals surface area contributed by atoms with Crippen molar-refractivity contribution in [3.63, 3.8) is 0 Å². The maximum atomic E-state index is 11.1. The van der Waals surface area contributed by atoms with Gasteiger partial charge in [0.15, 0.2) is 0 Å². The normalized spacial score (nSPS) is 11.8. The van der Waals surface area contributed by atoms with Gasteiger partial charge in [-0.2, -0.15) is 0 Å². The van der Waals surface area contributed by atoms with Crippen LogP contribution in [-0.2, 0) is 4.79 Å². The Balaban J connectivity index is 2.16. The maximum absolute atomic E-state index is 11.1. The van der Waals surface area contributed by atoms with Crippen molar-refractivity contribution in [2.24, 2.45) is 0 Å². The van der Waals surface area contributed by atoms with Crippen LogP contribution in [0.15, 0.2) is 51.4 Å². The van der Waals surface area contributed by atoms with Crippen molar-refractivity contribution in [1.29, 1.82) is 0 Å². The van der Waals surface area contributed by atoms with Gasteiger partial charge in [-0.1, -0.05) is 28.1 Å². The van der Waals surface area contributed by atoms with Crippen LogP contribution in [0.4, 0.5) is 11.4 Å². The van der Waals surface area contributed by atoms with Gasteiger partial charge in [0.25, 0.3) is 0 Å². The van der Waals surface area contributed by atoms with E-state index in [1.807, 2.05) is 42.5 Å². The average Bonchev–Trinajstić information content (AvgIpc) is 2.41. The van der Waals surface area contributed by atoms with Crippen molar-refractivity contribution >= 4 is 49.1 Å². The van der Waals surface area contributed by atoms with Gasteiger partial charge in [0, 0.05) is 33.3 Å². The minimum absolute atomic E-state index is 0.0663. The zero-order chi connectivity index (χ0) is 15.4. The third-order valence-electron chi connectivity index (χ3n) is 3.01. The molecule has 2 aromatic rings. The van der Waals surface area contributed by atoms with E-state index in [-0.39, 0.29) is 11.9 Å². The lowest BCUT2D eigenvalue weighted by Crippen LogP contribution is -2.09. The first-order valence-electron chi connectivity index (χ1n) is 6.55. The molecule has 2 N–H and O–H groups in total. The number of carbonyl (C=O) groups excluding carboxylic acids is 1. The molecular weight excluding hydrogens is 396 g/mol. The second kappa shape index (κ2) is 7.09. The third-order valence-corrected chi connectivity index (χ3v) is 4.16. The number of carbonyl (C=O) groups is 1. The highest BCUT2D eigenvalue weighted by molar-refractivity contribution is 9.11. The highest BCUT2D eigenvalue weighted by Crippen LogP contribution is 2.29. The van der Waals surface area contributed by atoms with Gasteiger partial charge in [0.05, 0.1) is 0 Å². The molecule has 0 saturated heterocycles. The van der Waals surface area contributed by atoms with Gasteiger partial charge >= 0.3 is 0 Å². The smallest absolute Gasteiger partial charge is 0.221 e. The second-order valence-corrected chi connectivity index (χ2v) is 6.57. The number of nitrogens with one attached hydrogen (secondary N) is 2. The molecular formula is C16H16Br2N2O. The Morgan fingerprint density at radius 2 is 1.90 bits per heavy atom. The van der Waals surface area contributed by atoms with Crippen LogP contribution in [0.3, 0.4) is 0 Å². The van der Waals surface area contributed by atoms with E-state index in [1.54, 1.807) is 0 Å². The number of rotatable bonds is 4. The fraction of sp³-hybridized carbons (Fsp3) is 0.188. The number of amides is 1. The summed E-state index contributed by atoms with van der Waals surface area (Å²) in [6.07, 6.45) is 0. The molecule has 1 atom stereocenters. The number of anilines is 2. The summed E-state index contributed by atoms with van der Waals surface area (Å²) in [5.74, 6) is -0.0663. The first kappa shape index (κ1) is 16.0. The molecule has 21 heavy (non-hydrogen) atoms. The quantitative estimate of drug-likeness (QED) is 0.712. The predicted molar refractivity (Wildman–Crippen MR) is 94.6 cm³/mol. The summed E-state index contributed by atoms with van der Waals surface area (Å²) in [5, 5.41) is 6.25. The van der Waals surface area contributed by atoms with E-state index in [0.29, 0.717) is 0 Å². The van der Waals surface area contributed by atoms with Crippen molar-refractivity contribution in [3.05, 3.63) is 57.0 Å². The van der Waals surface area contributed by atoms with Gasteiger partial charge in [-0.05, 0) is 58.7 Å². The molecule has 0 aliphatic carbocycles. The molecule has 1 unspecified atom stereocenters. The van der Waals surface area contributed by atoms with E-state index in [0.717, 1.165) is 25.9 Å². The second-order valence-electron chi connectivity index (χ2n) is 4.80. The van der Waals surface area contributed by atoms with Crippen molar-refractivity contribution in [2.75, 3.05) is 10.6 Å². The molecule has 0 radical (unpaired) electrons. The lowest BCUT2D eigenvalue weighted by atomic mass is 10.1. The highest BCUT2D eigenvalue weighted by Gasteiger charge is 2.09. The highest BCUT2D eigenvalue weighted by atomic mass is 79.9. The van der Waals surface area contributed by atoms with Gasteiger partial charge in [0.2, 0.25) is 5.91 Å². The molecule has 3 nitrogen and oxygen atoms in total. The van der Waals surface area contributed by atoms with Crippen molar-refractivity contribution in [2.45, 2.75) is 19.9 Å². The molecule has 0 aromatic heterocycles. The summed E-state index contributed by atoms with van der Waals surface area (Å²) in [5.41, 5.74) is 2.94. The molecule has 5 heteroatoms. The molecule has 0 aliphatic heterocycles. The Labute approximate surface area is 141 Å². The largest absolute Gasteiger partial charge is 0.378 e. The fourth-order valence-corrected chi connectivity index (χ4v) is 3.17. The van der Waals surface area contributed by atoms with Gasteiger partial charge < -0.3 is 10.6 Å². The van der Waals surface area contributed by atoms with Gasteiger partial charge in [-0.3, -0.25) is 4.79 Å².